The zero-order valence-electron chi connectivity index (χ0n) is 13.3. The Bertz CT molecular complexity index is 774. The highest BCUT2D eigenvalue weighted by molar-refractivity contribution is 5.98. The van der Waals surface area contributed by atoms with Gasteiger partial charge in [0.25, 0.3) is 11.6 Å². The lowest BCUT2D eigenvalue weighted by molar-refractivity contribution is -0.384. The number of hydrogen-bond donors (Lipinski definition) is 0. The van der Waals surface area contributed by atoms with Crippen LogP contribution in [0, 0.1) is 10.1 Å². The maximum Gasteiger partial charge on any atom is 0.338 e. The maximum atomic E-state index is 12.5. The molecular formula is C17H16N2O5. The van der Waals surface area contributed by atoms with E-state index in [1.165, 1.54) is 18.1 Å². The first-order valence-electron chi connectivity index (χ1n) is 7.09. The lowest BCUT2D eigenvalue weighted by Gasteiger charge is -2.17. The van der Waals surface area contributed by atoms with Gasteiger partial charge in [-0.25, -0.2) is 4.79 Å². The first-order chi connectivity index (χ1) is 11.4. The monoisotopic (exact) mass is 328 g/mol. The standard InChI is InChI=1S/C17H16N2O5/c1-18(11-12-6-4-3-5-7-12)16(20)13-8-14(17(21)24-2)10-15(9-13)19(22)23/h3-10H,11H2,1-2H3. The molecule has 2 aromatic carbocycles. The molecule has 0 fully saturated rings. The third kappa shape index (κ3) is 3.95. The van der Waals surface area contributed by atoms with E-state index in [-0.39, 0.29) is 16.8 Å². The number of non-ortho nitro benzene ring substituents is 1. The minimum atomic E-state index is -0.738. The molecule has 124 valence electrons. The number of carbonyl (C=O) groups is 2. The first kappa shape index (κ1) is 17.1. The van der Waals surface area contributed by atoms with Gasteiger partial charge in [-0.3, -0.25) is 14.9 Å². The second kappa shape index (κ2) is 7.36. The van der Waals surface area contributed by atoms with E-state index in [0.717, 1.165) is 17.7 Å². The fourth-order valence-corrected chi connectivity index (χ4v) is 2.23. The molecule has 0 radical (unpaired) electrons. The van der Waals surface area contributed by atoms with Crippen molar-refractivity contribution in [2.75, 3.05) is 14.2 Å². The zero-order chi connectivity index (χ0) is 17.7. The molecule has 0 saturated carbocycles. The molecule has 0 heterocycles. The van der Waals surface area contributed by atoms with Crippen LogP contribution >= 0.6 is 0 Å². The van der Waals surface area contributed by atoms with E-state index in [1.807, 2.05) is 30.3 Å². The first-order valence-corrected chi connectivity index (χ1v) is 7.09. The molecular weight excluding hydrogens is 312 g/mol. The van der Waals surface area contributed by atoms with E-state index in [1.54, 1.807) is 7.05 Å². The van der Waals surface area contributed by atoms with Crippen molar-refractivity contribution in [1.29, 1.82) is 0 Å². The average molecular weight is 328 g/mol. The minimum absolute atomic E-state index is 0.0387. The molecule has 0 aliphatic rings. The third-order valence-corrected chi connectivity index (χ3v) is 3.41. The van der Waals surface area contributed by atoms with E-state index in [0.29, 0.717) is 6.54 Å². The van der Waals surface area contributed by atoms with Crippen LogP contribution in [0.15, 0.2) is 48.5 Å². The molecule has 2 aromatic rings. The Morgan fingerprint density at radius 1 is 1.12 bits per heavy atom. The molecule has 0 aliphatic heterocycles. The van der Waals surface area contributed by atoms with Crippen molar-refractivity contribution in [2.45, 2.75) is 6.54 Å². The van der Waals surface area contributed by atoms with Gasteiger partial charge in [-0.05, 0) is 11.6 Å². The number of benzene rings is 2. The van der Waals surface area contributed by atoms with Gasteiger partial charge in [-0.1, -0.05) is 30.3 Å². The van der Waals surface area contributed by atoms with Crippen molar-refractivity contribution in [3.8, 4) is 0 Å². The smallest absolute Gasteiger partial charge is 0.338 e. The molecule has 0 atom stereocenters. The lowest BCUT2D eigenvalue weighted by atomic mass is 10.1. The van der Waals surface area contributed by atoms with Crippen molar-refractivity contribution in [1.82, 2.24) is 4.90 Å². The summed E-state index contributed by atoms with van der Waals surface area (Å²) in [4.78, 5) is 36.0. The highest BCUT2D eigenvalue weighted by Crippen LogP contribution is 2.20. The number of ether oxygens (including phenoxy) is 1. The van der Waals surface area contributed by atoms with Gasteiger partial charge in [0.15, 0.2) is 0 Å². The topological polar surface area (TPSA) is 89.8 Å². The van der Waals surface area contributed by atoms with Crippen LogP contribution in [-0.4, -0.2) is 35.9 Å². The molecule has 0 spiro atoms. The quantitative estimate of drug-likeness (QED) is 0.478. The number of esters is 1. The van der Waals surface area contributed by atoms with Crippen LogP contribution < -0.4 is 0 Å². The van der Waals surface area contributed by atoms with Crippen molar-refractivity contribution in [2.24, 2.45) is 0 Å². The van der Waals surface area contributed by atoms with Gasteiger partial charge in [0.1, 0.15) is 0 Å². The van der Waals surface area contributed by atoms with Crippen LogP contribution in [0.25, 0.3) is 0 Å². The number of rotatable bonds is 5. The Hall–Kier alpha value is -3.22. The minimum Gasteiger partial charge on any atom is -0.465 e. The third-order valence-electron chi connectivity index (χ3n) is 3.41. The number of nitro benzene ring substituents is 1. The molecule has 7 heteroatoms. The van der Waals surface area contributed by atoms with E-state index in [9.17, 15) is 19.7 Å². The SMILES string of the molecule is COC(=O)c1cc(C(=O)N(C)Cc2ccccc2)cc([N+](=O)[O-])c1. The summed E-state index contributed by atoms with van der Waals surface area (Å²) < 4.78 is 4.58. The normalized spacial score (nSPS) is 10.1. The van der Waals surface area contributed by atoms with Crippen LogP contribution in [0.5, 0.6) is 0 Å². The number of amides is 1. The van der Waals surface area contributed by atoms with E-state index >= 15 is 0 Å². The molecule has 0 N–H and O–H groups in total. The van der Waals surface area contributed by atoms with Gasteiger partial charge >= 0.3 is 5.97 Å². The van der Waals surface area contributed by atoms with Gasteiger partial charge in [0, 0.05) is 31.3 Å². The second-order valence-electron chi connectivity index (χ2n) is 5.16. The van der Waals surface area contributed by atoms with Gasteiger partial charge in [-0.2, -0.15) is 0 Å². The van der Waals surface area contributed by atoms with Crippen molar-refractivity contribution >= 4 is 17.6 Å². The Morgan fingerprint density at radius 3 is 2.33 bits per heavy atom. The van der Waals surface area contributed by atoms with Crippen molar-refractivity contribution in [3.05, 3.63) is 75.3 Å². The van der Waals surface area contributed by atoms with Crippen LogP contribution in [0.4, 0.5) is 5.69 Å². The molecule has 0 aliphatic carbocycles. The van der Waals surface area contributed by atoms with Gasteiger partial charge < -0.3 is 9.64 Å². The summed E-state index contributed by atoms with van der Waals surface area (Å²) in [6.07, 6.45) is 0. The molecule has 24 heavy (non-hydrogen) atoms. The van der Waals surface area contributed by atoms with Gasteiger partial charge in [-0.15, -0.1) is 0 Å². The highest BCUT2D eigenvalue weighted by atomic mass is 16.6. The molecule has 7 nitrogen and oxygen atoms in total. The predicted molar refractivity (Wildman–Crippen MR) is 86.7 cm³/mol. The Morgan fingerprint density at radius 2 is 1.75 bits per heavy atom. The Balaban J connectivity index is 2.32. The summed E-state index contributed by atoms with van der Waals surface area (Å²) in [6, 6.07) is 12.9. The lowest BCUT2D eigenvalue weighted by Crippen LogP contribution is -2.26. The number of nitro groups is 1. The van der Waals surface area contributed by atoms with E-state index in [2.05, 4.69) is 4.74 Å². The van der Waals surface area contributed by atoms with E-state index < -0.39 is 16.8 Å². The van der Waals surface area contributed by atoms with Crippen LogP contribution in [0.2, 0.25) is 0 Å². The summed E-state index contributed by atoms with van der Waals surface area (Å²) in [5.41, 5.74) is 0.604. The fraction of sp³-hybridized carbons (Fsp3) is 0.176. The Kier molecular flexibility index (Phi) is 5.26. The molecule has 0 saturated heterocycles. The molecule has 1 amide bonds. The second-order valence-corrected chi connectivity index (χ2v) is 5.16. The van der Waals surface area contributed by atoms with Crippen LogP contribution in [0.3, 0.4) is 0 Å². The number of nitrogens with zero attached hydrogens (tertiary/aromatic N) is 2. The maximum absolute atomic E-state index is 12.5. The molecule has 0 aromatic heterocycles. The summed E-state index contributed by atoms with van der Waals surface area (Å²) in [6.45, 7) is 0.343. The summed E-state index contributed by atoms with van der Waals surface area (Å²) in [7, 11) is 2.76. The molecule has 0 unspecified atom stereocenters. The van der Waals surface area contributed by atoms with Gasteiger partial charge in [0.2, 0.25) is 0 Å². The summed E-state index contributed by atoms with van der Waals surface area (Å²) >= 11 is 0. The predicted octanol–water partition coefficient (Wildman–Crippen LogP) is 2.65. The number of hydrogen-bond acceptors (Lipinski definition) is 5. The average Bonchev–Trinajstić information content (AvgIpc) is 2.60. The number of carbonyl (C=O) groups excluding carboxylic acids is 2. The highest BCUT2D eigenvalue weighted by Gasteiger charge is 2.20. The molecule has 0 bridgehead atoms. The number of methoxy groups -OCH3 is 1. The zero-order valence-corrected chi connectivity index (χ0v) is 13.3. The molecule has 2 rings (SSSR count). The van der Waals surface area contributed by atoms with Crippen LogP contribution in [0.1, 0.15) is 26.3 Å². The largest absolute Gasteiger partial charge is 0.465 e. The van der Waals surface area contributed by atoms with Gasteiger partial charge in [0.05, 0.1) is 17.6 Å². The summed E-state index contributed by atoms with van der Waals surface area (Å²) in [5, 5.41) is 11.0. The Labute approximate surface area is 138 Å². The summed E-state index contributed by atoms with van der Waals surface area (Å²) in [5.74, 6) is -1.16. The van der Waals surface area contributed by atoms with Crippen LogP contribution in [-0.2, 0) is 11.3 Å². The van der Waals surface area contributed by atoms with Crippen molar-refractivity contribution < 1.29 is 19.2 Å². The van der Waals surface area contributed by atoms with Crippen molar-refractivity contribution in [3.63, 3.8) is 0 Å². The van der Waals surface area contributed by atoms with E-state index in [4.69, 9.17) is 0 Å². The fourth-order valence-electron chi connectivity index (χ4n) is 2.23.